The van der Waals surface area contributed by atoms with Gasteiger partial charge in [-0.1, -0.05) is 24.3 Å². The molecule has 174 valence electrons. The third kappa shape index (κ3) is 6.05. The third-order valence-electron chi connectivity index (χ3n) is 6.22. The summed E-state index contributed by atoms with van der Waals surface area (Å²) in [6, 6.07) is 11.6. The summed E-state index contributed by atoms with van der Waals surface area (Å²) in [6.45, 7) is 2.82. The largest absolute Gasteiger partial charge is 0.337 e. The lowest BCUT2D eigenvalue weighted by Crippen LogP contribution is -2.28. The van der Waals surface area contributed by atoms with Gasteiger partial charge in [-0.2, -0.15) is 13.3 Å². The van der Waals surface area contributed by atoms with Gasteiger partial charge < -0.3 is 9.79 Å². The highest BCUT2D eigenvalue weighted by molar-refractivity contribution is 7.99. The van der Waals surface area contributed by atoms with E-state index in [1.165, 1.54) is 52.2 Å². The zero-order chi connectivity index (χ0) is 22.7. The molecule has 6 nitrogen and oxygen atoms in total. The van der Waals surface area contributed by atoms with E-state index in [1.807, 2.05) is 11.8 Å². The van der Waals surface area contributed by atoms with Crippen molar-refractivity contribution in [2.75, 3.05) is 32.1 Å². The monoisotopic (exact) mass is 477 g/mol. The molecule has 0 bridgehead atoms. The molecule has 8 heteroatoms. The Bertz CT molecular complexity index is 1060. The van der Waals surface area contributed by atoms with Gasteiger partial charge in [0.1, 0.15) is 6.61 Å². The van der Waals surface area contributed by atoms with E-state index in [0.717, 1.165) is 31.7 Å². The van der Waals surface area contributed by atoms with Crippen LogP contribution in [0.1, 0.15) is 46.6 Å². The first-order valence-electron chi connectivity index (χ1n) is 11.1. The average molecular weight is 478 g/mol. The molecule has 32 heavy (non-hydrogen) atoms. The first-order valence-corrected chi connectivity index (χ1v) is 13.9. The van der Waals surface area contributed by atoms with Crippen molar-refractivity contribution < 1.29 is 22.7 Å². The van der Waals surface area contributed by atoms with Crippen LogP contribution in [0.2, 0.25) is 0 Å². The van der Waals surface area contributed by atoms with E-state index in [0.29, 0.717) is 18.8 Å². The van der Waals surface area contributed by atoms with Gasteiger partial charge in [0.05, 0.1) is 6.26 Å². The number of rotatable bonds is 5. The Hall–Kier alpha value is -1.58. The fraction of sp³-hybridized carbons (Fsp3) is 0.500. The van der Waals surface area contributed by atoms with Crippen molar-refractivity contribution >= 4 is 21.9 Å². The third-order valence-corrected chi connectivity index (χ3v) is 7.34. The highest BCUT2D eigenvalue weighted by Gasteiger charge is 2.28. The molecule has 2 aromatic rings. The lowest BCUT2D eigenvalue weighted by atomic mass is 9.81. The van der Waals surface area contributed by atoms with E-state index >= 15 is 0 Å². The van der Waals surface area contributed by atoms with Crippen LogP contribution >= 0.6 is 11.8 Å². The Kier molecular flexibility index (Phi) is 7.47. The fourth-order valence-corrected chi connectivity index (χ4v) is 5.81. The number of aryl methyl sites for hydroxylation is 1. The van der Waals surface area contributed by atoms with Crippen molar-refractivity contribution in [3.8, 4) is 5.75 Å². The predicted molar refractivity (Wildman–Crippen MR) is 127 cm³/mol. The summed E-state index contributed by atoms with van der Waals surface area (Å²) < 4.78 is 25.9. The molecular formula is C24H31NO5S2. The molecule has 1 aliphatic carbocycles. The second-order valence-electron chi connectivity index (χ2n) is 8.84. The van der Waals surface area contributed by atoms with Crippen LogP contribution in [-0.2, 0) is 40.9 Å². The van der Waals surface area contributed by atoms with E-state index < -0.39 is 10.1 Å². The Labute approximate surface area is 195 Å². The molecule has 0 spiro atoms. The van der Waals surface area contributed by atoms with Crippen molar-refractivity contribution in [3.05, 3.63) is 58.1 Å². The van der Waals surface area contributed by atoms with Crippen LogP contribution in [0.25, 0.3) is 0 Å². The van der Waals surface area contributed by atoms with Gasteiger partial charge in [0.25, 0.3) is 10.1 Å². The van der Waals surface area contributed by atoms with Gasteiger partial charge in [0.15, 0.2) is 5.75 Å². The minimum absolute atomic E-state index is 0.590. The molecule has 2 aromatic carbocycles. The van der Waals surface area contributed by atoms with Crippen LogP contribution in [0.15, 0.2) is 35.2 Å². The maximum atomic E-state index is 9.19. The minimum Gasteiger partial charge on any atom is -0.337 e. The first kappa shape index (κ1) is 23.6. The van der Waals surface area contributed by atoms with Crippen LogP contribution < -0.4 is 4.89 Å². The fourth-order valence-electron chi connectivity index (χ4n) is 4.75. The molecule has 2 heterocycles. The molecule has 1 N–H and O–H groups in total. The molecule has 0 saturated heterocycles. The summed E-state index contributed by atoms with van der Waals surface area (Å²) in [5.41, 5.74) is 7.11. The molecule has 0 unspecified atom stereocenters. The predicted octanol–water partition coefficient (Wildman–Crippen LogP) is 4.26. The number of fused-ring (bicyclic) bond motifs is 4. The van der Waals surface area contributed by atoms with Crippen molar-refractivity contribution in [2.45, 2.75) is 49.5 Å². The van der Waals surface area contributed by atoms with Gasteiger partial charge in [-0.05, 0) is 67.8 Å². The first-order chi connectivity index (χ1) is 15.3. The SMILES string of the molecule is CN(CCc1ccc2c(c1)CCS2)C[C@@H]1CCCc2c1ccc1c2OOC1.CS(=O)(=O)O. The van der Waals surface area contributed by atoms with Crippen LogP contribution in [0.3, 0.4) is 0 Å². The molecular weight excluding hydrogens is 446 g/mol. The summed E-state index contributed by atoms with van der Waals surface area (Å²) >= 11 is 2.00. The van der Waals surface area contributed by atoms with E-state index in [1.54, 1.807) is 5.56 Å². The summed E-state index contributed by atoms with van der Waals surface area (Å²) in [6.07, 6.45) is 6.72. The molecule has 0 fully saturated rings. The summed E-state index contributed by atoms with van der Waals surface area (Å²) in [5, 5.41) is 0. The Balaban J connectivity index is 0.000000444. The number of benzene rings is 2. The number of nitrogens with zero attached hydrogens (tertiary/aromatic N) is 1. The van der Waals surface area contributed by atoms with Crippen LogP contribution in [0, 0.1) is 0 Å². The van der Waals surface area contributed by atoms with Gasteiger partial charge in [-0.15, -0.1) is 11.8 Å². The minimum atomic E-state index is -3.67. The van der Waals surface area contributed by atoms with E-state index in [-0.39, 0.29) is 0 Å². The van der Waals surface area contributed by atoms with Gasteiger partial charge in [-0.3, -0.25) is 4.55 Å². The zero-order valence-corrected chi connectivity index (χ0v) is 20.3. The standard InChI is InChI=1S/C23H27NO2S.CH4O3S/c1-24(11-9-16-5-8-22-17(13-16)10-12-27-22)14-18-3-2-4-21-20(18)7-6-19-15-25-26-23(19)21;1-5(2,3)4/h5-8,13,18H,2-4,9-12,14-15H2,1H3;1H3,(H,2,3,4)/t18-;/m0./s1. The number of hydrogen-bond acceptors (Lipinski definition) is 6. The lowest BCUT2D eigenvalue weighted by molar-refractivity contribution is -0.195. The second kappa shape index (κ2) is 10.1. The average Bonchev–Trinajstić information content (AvgIpc) is 3.40. The summed E-state index contributed by atoms with van der Waals surface area (Å²) in [5.74, 6) is 2.86. The number of thioether (sulfide) groups is 1. The lowest BCUT2D eigenvalue weighted by Gasteiger charge is -2.30. The van der Waals surface area contributed by atoms with Crippen LogP contribution in [0.5, 0.6) is 5.75 Å². The second-order valence-corrected chi connectivity index (χ2v) is 11.4. The van der Waals surface area contributed by atoms with Crippen molar-refractivity contribution in [3.63, 3.8) is 0 Å². The summed E-state index contributed by atoms with van der Waals surface area (Å²) in [7, 11) is -1.40. The zero-order valence-electron chi connectivity index (χ0n) is 18.7. The van der Waals surface area contributed by atoms with Gasteiger partial charge in [0.2, 0.25) is 0 Å². The van der Waals surface area contributed by atoms with E-state index in [9.17, 15) is 8.42 Å². The Morgan fingerprint density at radius 3 is 2.81 bits per heavy atom. The molecule has 5 rings (SSSR count). The van der Waals surface area contributed by atoms with Gasteiger partial charge in [0, 0.05) is 34.9 Å². The molecule has 0 aromatic heterocycles. The highest BCUT2D eigenvalue weighted by Crippen LogP contribution is 2.41. The normalized spacial score (nSPS) is 18.9. The number of likely N-dealkylation sites (N-methyl/N-ethyl adjacent to an activating group) is 1. The molecule has 0 amide bonds. The molecule has 3 aliphatic rings. The Morgan fingerprint density at radius 1 is 1.19 bits per heavy atom. The topological polar surface area (TPSA) is 76.1 Å². The molecule has 0 radical (unpaired) electrons. The Morgan fingerprint density at radius 2 is 2.00 bits per heavy atom. The van der Waals surface area contributed by atoms with Crippen molar-refractivity contribution in [1.29, 1.82) is 0 Å². The highest BCUT2D eigenvalue weighted by atomic mass is 32.2. The maximum Gasteiger partial charge on any atom is 0.261 e. The smallest absolute Gasteiger partial charge is 0.261 e. The van der Waals surface area contributed by atoms with Gasteiger partial charge in [-0.25, -0.2) is 0 Å². The quantitative estimate of drug-likeness (QED) is 0.509. The molecule has 2 aliphatic heterocycles. The van der Waals surface area contributed by atoms with Crippen LogP contribution in [0.4, 0.5) is 0 Å². The van der Waals surface area contributed by atoms with Crippen molar-refractivity contribution in [1.82, 2.24) is 4.90 Å². The molecule has 0 saturated carbocycles. The van der Waals surface area contributed by atoms with Crippen LogP contribution in [-0.4, -0.2) is 50.0 Å². The number of hydrogen-bond donors (Lipinski definition) is 1. The van der Waals surface area contributed by atoms with E-state index in [2.05, 4.69) is 42.3 Å². The maximum absolute atomic E-state index is 9.19. The molecule has 1 atom stereocenters. The summed E-state index contributed by atoms with van der Waals surface area (Å²) in [4.78, 5) is 14.7. The van der Waals surface area contributed by atoms with Crippen molar-refractivity contribution in [2.24, 2.45) is 0 Å². The van der Waals surface area contributed by atoms with E-state index in [4.69, 9.17) is 14.3 Å². The van der Waals surface area contributed by atoms with Gasteiger partial charge >= 0.3 is 0 Å².